The van der Waals surface area contributed by atoms with Crippen LogP contribution in [0.15, 0.2) is 53.3 Å². The van der Waals surface area contributed by atoms with Crippen molar-refractivity contribution in [3.05, 3.63) is 75.2 Å². The first-order valence-electron chi connectivity index (χ1n) is 9.75. The fourth-order valence-corrected chi connectivity index (χ4v) is 4.50. The minimum Gasteiger partial charge on any atom is -0.493 e. The summed E-state index contributed by atoms with van der Waals surface area (Å²) in [4.78, 5) is 29.7. The molecule has 2 heterocycles. The van der Waals surface area contributed by atoms with Crippen molar-refractivity contribution in [1.82, 2.24) is 9.38 Å². The summed E-state index contributed by atoms with van der Waals surface area (Å²) >= 11 is 7.65. The largest absolute Gasteiger partial charge is 0.493 e. The molecular formula is C23H19ClN2O5S. The summed E-state index contributed by atoms with van der Waals surface area (Å²) < 4.78 is 18.5. The molecule has 0 amide bonds. The van der Waals surface area contributed by atoms with Gasteiger partial charge in [-0.25, -0.2) is 9.78 Å². The first kappa shape index (κ1) is 21.9. The van der Waals surface area contributed by atoms with Crippen LogP contribution in [0.1, 0.15) is 18.2 Å². The van der Waals surface area contributed by atoms with Crippen LogP contribution in [-0.4, -0.2) is 29.1 Å². The monoisotopic (exact) mass is 470 g/mol. The number of rotatable bonds is 7. The molecule has 7 nitrogen and oxygen atoms in total. The molecule has 164 valence electrons. The van der Waals surface area contributed by atoms with Crippen molar-refractivity contribution in [2.45, 2.75) is 13.5 Å². The molecule has 2 aromatic heterocycles. The van der Waals surface area contributed by atoms with Crippen LogP contribution >= 0.6 is 22.9 Å². The Morgan fingerprint density at radius 2 is 2.06 bits per heavy atom. The molecule has 2 aromatic carbocycles. The third-order valence-electron chi connectivity index (χ3n) is 4.56. The number of halogens is 1. The lowest BCUT2D eigenvalue weighted by atomic mass is 10.2. The maximum Gasteiger partial charge on any atom is 0.331 e. The van der Waals surface area contributed by atoms with E-state index in [2.05, 4.69) is 4.98 Å². The van der Waals surface area contributed by atoms with Gasteiger partial charge in [-0.1, -0.05) is 35.1 Å². The van der Waals surface area contributed by atoms with Crippen LogP contribution in [-0.2, 0) is 16.1 Å². The van der Waals surface area contributed by atoms with Gasteiger partial charge < -0.3 is 14.2 Å². The van der Waals surface area contributed by atoms with Gasteiger partial charge in [0.2, 0.25) is 0 Å². The molecule has 0 aliphatic carbocycles. The molecule has 0 spiro atoms. The Morgan fingerprint density at radius 1 is 1.25 bits per heavy atom. The molecule has 0 aliphatic heterocycles. The number of hydrogen-bond acceptors (Lipinski definition) is 7. The number of thiazole rings is 1. The van der Waals surface area contributed by atoms with E-state index in [-0.39, 0.29) is 12.2 Å². The van der Waals surface area contributed by atoms with Crippen molar-refractivity contribution in [3.8, 4) is 11.5 Å². The zero-order valence-electron chi connectivity index (χ0n) is 17.3. The summed E-state index contributed by atoms with van der Waals surface area (Å²) in [6.07, 6.45) is 2.83. The van der Waals surface area contributed by atoms with Gasteiger partial charge >= 0.3 is 5.97 Å². The quantitative estimate of drug-likeness (QED) is 0.287. The Hall–Kier alpha value is -3.36. The first-order chi connectivity index (χ1) is 15.5. The van der Waals surface area contributed by atoms with Gasteiger partial charge in [-0.2, -0.15) is 0 Å². The minimum atomic E-state index is -0.577. The molecule has 0 bridgehead atoms. The number of esters is 1. The Morgan fingerprint density at radius 3 is 2.84 bits per heavy atom. The number of aromatic nitrogens is 2. The van der Waals surface area contributed by atoms with Gasteiger partial charge in [0.25, 0.3) is 5.56 Å². The van der Waals surface area contributed by atoms with E-state index in [4.69, 9.17) is 25.8 Å². The van der Waals surface area contributed by atoms with Crippen LogP contribution in [0.3, 0.4) is 0 Å². The predicted molar refractivity (Wildman–Crippen MR) is 125 cm³/mol. The standard InChI is InChI=1S/C23H19ClN2O5S/c1-3-30-22-16(24)10-14(11-18(22)29-2)8-9-21(28)31-13-15-12-20(27)26-17-6-4-5-7-19(17)32-23(26)25-15/h4-12H,3,13H2,1-2H3. The SMILES string of the molecule is CCOc1c(Cl)cc(C=CC(=O)OCc2cc(=O)n3c(n2)sc2ccccc23)cc1OC. The molecule has 0 aliphatic rings. The summed E-state index contributed by atoms with van der Waals surface area (Å²) in [6.45, 7) is 2.18. The van der Waals surface area contributed by atoms with E-state index in [1.807, 2.05) is 31.2 Å². The fourth-order valence-electron chi connectivity index (χ4n) is 3.18. The van der Waals surface area contributed by atoms with Crippen LogP contribution < -0.4 is 15.0 Å². The molecule has 0 fully saturated rings. The van der Waals surface area contributed by atoms with Gasteiger partial charge in [0.15, 0.2) is 16.5 Å². The van der Waals surface area contributed by atoms with Crippen LogP contribution in [0, 0.1) is 0 Å². The maximum absolute atomic E-state index is 12.5. The van der Waals surface area contributed by atoms with E-state index in [0.717, 1.165) is 10.2 Å². The van der Waals surface area contributed by atoms with Crippen molar-refractivity contribution in [2.75, 3.05) is 13.7 Å². The van der Waals surface area contributed by atoms with Gasteiger partial charge in [0, 0.05) is 12.1 Å². The minimum absolute atomic E-state index is 0.115. The van der Waals surface area contributed by atoms with Crippen molar-refractivity contribution in [1.29, 1.82) is 0 Å². The summed E-state index contributed by atoms with van der Waals surface area (Å²) in [5.41, 5.74) is 1.62. The van der Waals surface area contributed by atoms with E-state index in [0.29, 0.717) is 39.3 Å². The summed E-state index contributed by atoms with van der Waals surface area (Å²) in [5.74, 6) is 0.339. The average Bonchev–Trinajstić information content (AvgIpc) is 3.16. The Bertz CT molecular complexity index is 1390. The summed E-state index contributed by atoms with van der Waals surface area (Å²) in [6, 6.07) is 12.3. The number of hydrogen-bond donors (Lipinski definition) is 0. The highest BCUT2D eigenvalue weighted by atomic mass is 35.5. The lowest BCUT2D eigenvalue weighted by Gasteiger charge is -2.11. The summed E-state index contributed by atoms with van der Waals surface area (Å²) in [7, 11) is 1.51. The number of para-hydroxylation sites is 1. The average molecular weight is 471 g/mol. The third kappa shape index (κ3) is 4.46. The molecule has 4 rings (SSSR count). The number of fused-ring (bicyclic) bond motifs is 3. The van der Waals surface area contributed by atoms with Gasteiger partial charge in [-0.05, 0) is 42.8 Å². The van der Waals surface area contributed by atoms with Gasteiger partial charge in [0.05, 0.1) is 34.6 Å². The smallest absolute Gasteiger partial charge is 0.331 e. The second kappa shape index (κ2) is 9.42. The van der Waals surface area contributed by atoms with Gasteiger partial charge in [-0.3, -0.25) is 9.20 Å². The van der Waals surface area contributed by atoms with Crippen LogP contribution in [0.25, 0.3) is 21.3 Å². The zero-order chi connectivity index (χ0) is 22.7. The molecule has 0 saturated carbocycles. The van der Waals surface area contributed by atoms with Crippen LogP contribution in [0.4, 0.5) is 0 Å². The Kier molecular flexibility index (Phi) is 6.43. The molecule has 32 heavy (non-hydrogen) atoms. The van der Waals surface area contributed by atoms with Crippen molar-refractivity contribution >= 4 is 50.2 Å². The Balaban J connectivity index is 1.48. The second-order valence-corrected chi connectivity index (χ2v) is 8.10. The molecule has 4 aromatic rings. The number of nitrogens with zero attached hydrogens (tertiary/aromatic N) is 2. The summed E-state index contributed by atoms with van der Waals surface area (Å²) in [5, 5.41) is 0.375. The third-order valence-corrected chi connectivity index (χ3v) is 5.87. The molecule has 0 N–H and O–H groups in total. The first-order valence-corrected chi connectivity index (χ1v) is 10.9. The number of benzene rings is 2. The van der Waals surface area contributed by atoms with E-state index < -0.39 is 5.97 Å². The van der Waals surface area contributed by atoms with Crippen LogP contribution in [0.2, 0.25) is 5.02 Å². The van der Waals surface area contributed by atoms with E-state index >= 15 is 0 Å². The number of carbonyl (C=O) groups is 1. The van der Waals surface area contributed by atoms with Gasteiger partial charge in [-0.15, -0.1) is 0 Å². The molecule has 0 unspecified atom stereocenters. The van der Waals surface area contributed by atoms with Crippen molar-refractivity contribution in [2.24, 2.45) is 0 Å². The Labute approximate surface area is 192 Å². The molecule has 0 radical (unpaired) electrons. The van der Waals surface area contributed by atoms with E-state index in [1.165, 1.54) is 30.6 Å². The normalized spacial score (nSPS) is 11.3. The lowest BCUT2D eigenvalue weighted by Crippen LogP contribution is -2.14. The zero-order valence-corrected chi connectivity index (χ0v) is 18.9. The van der Waals surface area contributed by atoms with Crippen molar-refractivity contribution < 1.29 is 19.0 Å². The lowest BCUT2D eigenvalue weighted by molar-refractivity contribution is -0.139. The predicted octanol–water partition coefficient (Wildman–Crippen LogP) is 4.73. The van der Waals surface area contributed by atoms with E-state index in [1.54, 1.807) is 22.6 Å². The highest BCUT2D eigenvalue weighted by Gasteiger charge is 2.12. The number of methoxy groups -OCH3 is 1. The van der Waals surface area contributed by atoms with E-state index in [9.17, 15) is 9.59 Å². The topological polar surface area (TPSA) is 79.1 Å². The maximum atomic E-state index is 12.5. The second-order valence-electron chi connectivity index (χ2n) is 6.68. The number of ether oxygens (including phenoxy) is 3. The molecular weight excluding hydrogens is 452 g/mol. The van der Waals surface area contributed by atoms with Crippen LogP contribution in [0.5, 0.6) is 11.5 Å². The van der Waals surface area contributed by atoms with Crippen molar-refractivity contribution in [3.63, 3.8) is 0 Å². The molecule has 0 atom stereocenters. The molecule has 0 saturated heterocycles. The highest BCUT2D eigenvalue weighted by Crippen LogP contribution is 2.36. The number of carbonyl (C=O) groups excluding carboxylic acids is 1. The molecule has 9 heteroatoms. The fraction of sp³-hybridized carbons (Fsp3) is 0.174. The highest BCUT2D eigenvalue weighted by molar-refractivity contribution is 7.23. The van der Waals surface area contributed by atoms with Gasteiger partial charge in [0.1, 0.15) is 6.61 Å².